The van der Waals surface area contributed by atoms with Crippen molar-refractivity contribution in [1.82, 2.24) is 14.7 Å². The monoisotopic (exact) mass is 389 g/mol. The predicted octanol–water partition coefficient (Wildman–Crippen LogP) is 4.03. The Kier molecular flexibility index (Phi) is 5.16. The molecule has 2 aromatic carbocycles. The number of hydrogen-bond acceptors (Lipinski definition) is 3. The molecule has 1 saturated heterocycles. The lowest BCUT2D eigenvalue weighted by atomic mass is 10.0. The van der Waals surface area contributed by atoms with E-state index < -0.39 is 5.97 Å². The molecule has 3 aromatic rings. The SMILES string of the molecule is Cc1c(C(=O)O)cnn1C1CCN(C(=O)c2ccc(-c3ccccc3)cc2)CC1. The summed E-state index contributed by atoms with van der Waals surface area (Å²) in [4.78, 5) is 26.0. The topological polar surface area (TPSA) is 75.4 Å². The molecular weight excluding hydrogens is 366 g/mol. The lowest BCUT2D eigenvalue weighted by Gasteiger charge is -2.32. The van der Waals surface area contributed by atoms with Gasteiger partial charge in [0.15, 0.2) is 0 Å². The highest BCUT2D eigenvalue weighted by molar-refractivity contribution is 5.94. The van der Waals surface area contributed by atoms with Gasteiger partial charge in [-0.05, 0) is 43.0 Å². The van der Waals surface area contributed by atoms with Crippen LogP contribution < -0.4 is 0 Å². The minimum absolute atomic E-state index is 0.0338. The van der Waals surface area contributed by atoms with Crippen molar-refractivity contribution in [2.24, 2.45) is 0 Å². The van der Waals surface area contributed by atoms with Crippen molar-refractivity contribution in [2.75, 3.05) is 13.1 Å². The van der Waals surface area contributed by atoms with Gasteiger partial charge in [-0.1, -0.05) is 42.5 Å². The number of piperidine rings is 1. The van der Waals surface area contributed by atoms with E-state index in [-0.39, 0.29) is 17.5 Å². The van der Waals surface area contributed by atoms with E-state index in [1.54, 1.807) is 11.6 Å². The van der Waals surface area contributed by atoms with Crippen molar-refractivity contribution in [2.45, 2.75) is 25.8 Å². The lowest BCUT2D eigenvalue weighted by molar-refractivity contribution is 0.0688. The Morgan fingerprint density at radius 1 is 0.966 bits per heavy atom. The summed E-state index contributed by atoms with van der Waals surface area (Å²) in [5.41, 5.74) is 3.80. The number of carboxylic acids is 1. The smallest absolute Gasteiger partial charge is 0.339 e. The Hall–Kier alpha value is -3.41. The molecule has 0 unspecified atom stereocenters. The molecule has 0 bridgehead atoms. The number of likely N-dealkylation sites (tertiary alicyclic amines) is 1. The van der Waals surface area contributed by atoms with E-state index in [0.717, 1.165) is 24.0 Å². The Morgan fingerprint density at radius 3 is 2.17 bits per heavy atom. The van der Waals surface area contributed by atoms with Gasteiger partial charge in [-0.2, -0.15) is 5.10 Å². The van der Waals surface area contributed by atoms with Crippen molar-refractivity contribution in [3.05, 3.63) is 77.6 Å². The van der Waals surface area contributed by atoms with Gasteiger partial charge in [0.1, 0.15) is 5.56 Å². The van der Waals surface area contributed by atoms with Crippen molar-refractivity contribution < 1.29 is 14.7 Å². The Balaban J connectivity index is 1.41. The number of nitrogens with zero attached hydrogens (tertiary/aromatic N) is 3. The van der Waals surface area contributed by atoms with E-state index in [1.165, 1.54) is 6.20 Å². The van der Waals surface area contributed by atoms with Crippen LogP contribution in [0.25, 0.3) is 11.1 Å². The summed E-state index contributed by atoms with van der Waals surface area (Å²) in [5, 5.41) is 13.5. The molecule has 0 radical (unpaired) electrons. The molecular formula is C23H23N3O3. The number of carbonyl (C=O) groups is 2. The van der Waals surface area contributed by atoms with Gasteiger partial charge >= 0.3 is 5.97 Å². The van der Waals surface area contributed by atoms with Crippen molar-refractivity contribution in [3.63, 3.8) is 0 Å². The number of carbonyl (C=O) groups excluding carboxylic acids is 1. The average molecular weight is 389 g/mol. The molecule has 1 N–H and O–H groups in total. The fourth-order valence-electron chi connectivity index (χ4n) is 3.93. The zero-order chi connectivity index (χ0) is 20.4. The third-order valence-corrected chi connectivity index (χ3v) is 5.61. The summed E-state index contributed by atoms with van der Waals surface area (Å²) in [5.74, 6) is -0.924. The zero-order valence-electron chi connectivity index (χ0n) is 16.3. The van der Waals surface area contributed by atoms with Crippen molar-refractivity contribution >= 4 is 11.9 Å². The maximum Gasteiger partial charge on any atom is 0.339 e. The Labute approximate surface area is 169 Å². The van der Waals surface area contributed by atoms with Gasteiger partial charge in [-0.25, -0.2) is 4.79 Å². The van der Waals surface area contributed by atoms with E-state index >= 15 is 0 Å². The molecule has 1 fully saturated rings. The molecule has 1 aliphatic rings. The zero-order valence-corrected chi connectivity index (χ0v) is 16.3. The predicted molar refractivity (Wildman–Crippen MR) is 110 cm³/mol. The van der Waals surface area contributed by atoms with Gasteiger partial charge < -0.3 is 10.0 Å². The molecule has 0 aliphatic carbocycles. The fraction of sp³-hybridized carbons (Fsp3) is 0.261. The maximum absolute atomic E-state index is 12.9. The number of aromatic nitrogens is 2. The number of rotatable bonds is 4. The lowest BCUT2D eigenvalue weighted by Crippen LogP contribution is -2.39. The molecule has 0 spiro atoms. The van der Waals surface area contributed by atoms with E-state index in [0.29, 0.717) is 24.3 Å². The number of amides is 1. The standard InChI is InChI=1S/C23H23N3O3/c1-16-21(23(28)29)15-24-26(16)20-11-13-25(14-12-20)22(27)19-9-7-18(8-10-19)17-5-3-2-4-6-17/h2-10,15,20H,11-14H2,1H3,(H,28,29). The summed E-state index contributed by atoms with van der Waals surface area (Å²) in [6, 6.07) is 17.9. The molecule has 1 aliphatic heterocycles. The highest BCUT2D eigenvalue weighted by Gasteiger charge is 2.27. The first-order valence-electron chi connectivity index (χ1n) is 9.77. The van der Waals surface area contributed by atoms with Crippen LogP contribution in [-0.4, -0.2) is 44.8 Å². The number of benzene rings is 2. The first-order valence-corrected chi connectivity index (χ1v) is 9.77. The second-order valence-electron chi connectivity index (χ2n) is 7.36. The first-order chi connectivity index (χ1) is 14.0. The van der Waals surface area contributed by atoms with Crippen LogP contribution in [0.4, 0.5) is 0 Å². The van der Waals surface area contributed by atoms with E-state index in [4.69, 9.17) is 0 Å². The quantitative estimate of drug-likeness (QED) is 0.731. The summed E-state index contributed by atoms with van der Waals surface area (Å²) >= 11 is 0. The second-order valence-corrected chi connectivity index (χ2v) is 7.36. The molecule has 6 heteroatoms. The fourth-order valence-corrected chi connectivity index (χ4v) is 3.93. The van der Waals surface area contributed by atoms with Crippen molar-refractivity contribution in [3.8, 4) is 11.1 Å². The first kappa shape index (κ1) is 18.9. The van der Waals surface area contributed by atoms with Crippen LogP contribution in [0.5, 0.6) is 0 Å². The summed E-state index contributed by atoms with van der Waals surface area (Å²) in [7, 11) is 0. The van der Waals surface area contributed by atoms with Gasteiger partial charge in [0.05, 0.1) is 17.9 Å². The third-order valence-electron chi connectivity index (χ3n) is 5.61. The van der Waals surface area contributed by atoms with Gasteiger partial charge in [-0.3, -0.25) is 9.48 Å². The van der Waals surface area contributed by atoms with E-state index in [2.05, 4.69) is 17.2 Å². The molecule has 148 valence electrons. The summed E-state index contributed by atoms with van der Waals surface area (Å²) < 4.78 is 1.79. The minimum Gasteiger partial charge on any atom is -0.478 e. The Bertz CT molecular complexity index is 1020. The summed E-state index contributed by atoms with van der Waals surface area (Å²) in [6.45, 7) is 3.04. The molecule has 0 saturated carbocycles. The number of aromatic carboxylic acids is 1. The van der Waals surface area contributed by atoms with Crippen LogP contribution in [0.3, 0.4) is 0 Å². The van der Waals surface area contributed by atoms with E-state index in [9.17, 15) is 14.7 Å². The normalized spacial score (nSPS) is 14.7. The van der Waals surface area contributed by atoms with Gasteiger partial charge in [-0.15, -0.1) is 0 Å². The van der Waals surface area contributed by atoms with Gasteiger partial charge in [0.2, 0.25) is 0 Å². The molecule has 29 heavy (non-hydrogen) atoms. The third kappa shape index (κ3) is 3.78. The van der Waals surface area contributed by atoms with Crippen LogP contribution in [0.2, 0.25) is 0 Å². The highest BCUT2D eigenvalue weighted by Crippen LogP contribution is 2.26. The Morgan fingerprint density at radius 2 is 1.59 bits per heavy atom. The molecule has 4 rings (SSSR count). The van der Waals surface area contributed by atoms with E-state index in [1.807, 2.05) is 47.4 Å². The maximum atomic E-state index is 12.9. The van der Waals surface area contributed by atoms with Crippen LogP contribution >= 0.6 is 0 Å². The summed E-state index contributed by atoms with van der Waals surface area (Å²) in [6.07, 6.45) is 2.92. The molecule has 1 amide bonds. The number of hydrogen-bond donors (Lipinski definition) is 1. The molecule has 2 heterocycles. The second kappa shape index (κ2) is 7.91. The molecule has 0 atom stereocenters. The number of carboxylic acid groups (broad SMARTS) is 1. The molecule has 6 nitrogen and oxygen atoms in total. The van der Waals surface area contributed by atoms with Crippen molar-refractivity contribution in [1.29, 1.82) is 0 Å². The minimum atomic E-state index is -0.958. The van der Waals surface area contributed by atoms with Crippen LogP contribution in [0.15, 0.2) is 60.8 Å². The average Bonchev–Trinajstić information content (AvgIpc) is 3.16. The highest BCUT2D eigenvalue weighted by atomic mass is 16.4. The molecule has 1 aromatic heterocycles. The largest absolute Gasteiger partial charge is 0.478 e. The van der Waals surface area contributed by atoms with Gasteiger partial charge in [0.25, 0.3) is 5.91 Å². The van der Waals surface area contributed by atoms with Gasteiger partial charge in [0, 0.05) is 18.7 Å². The van der Waals surface area contributed by atoms with Crippen LogP contribution in [0.1, 0.15) is 45.3 Å². The van der Waals surface area contributed by atoms with Crippen LogP contribution in [-0.2, 0) is 0 Å². The van der Waals surface area contributed by atoms with Crippen LogP contribution in [0, 0.1) is 6.92 Å².